The molecule has 0 saturated carbocycles. The van der Waals surface area contributed by atoms with Gasteiger partial charge in [-0.05, 0) is 250 Å². The van der Waals surface area contributed by atoms with E-state index in [1.807, 2.05) is 36.4 Å². The number of anilines is 9. The van der Waals surface area contributed by atoms with Crippen molar-refractivity contribution < 1.29 is 13.3 Å². The summed E-state index contributed by atoms with van der Waals surface area (Å²) in [7, 11) is 0. The highest BCUT2D eigenvalue weighted by molar-refractivity contribution is 6.13. The van der Waals surface area contributed by atoms with Gasteiger partial charge in [0.2, 0.25) is 0 Å². The third-order valence-electron chi connectivity index (χ3n) is 28.4. The van der Waals surface area contributed by atoms with Crippen molar-refractivity contribution in [1.82, 2.24) is 0 Å². The van der Waals surface area contributed by atoms with Gasteiger partial charge in [-0.15, -0.1) is 0 Å². The van der Waals surface area contributed by atoms with Crippen LogP contribution in [-0.4, -0.2) is 0 Å². The Hall–Kier alpha value is -18.1. The molecule has 0 amide bonds. The predicted molar refractivity (Wildman–Crippen MR) is 602 cm³/mol. The lowest BCUT2D eigenvalue weighted by molar-refractivity contribution is 0.590. The second kappa shape index (κ2) is 37.3. The van der Waals surface area contributed by atoms with Crippen molar-refractivity contribution in [3.8, 4) is 100 Å². The van der Waals surface area contributed by atoms with Crippen LogP contribution in [0, 0.1) is 0 Å². The third-order valence-corrected chi connectivity index (χ3v) is 28.4. The van der Waals surface area contributed by atoms with Crippen molar-refractivity contribution in [2.24, 2.45) is 0 Å². The van der Waals surface area contributed by atoms with E-state index in [2.05, 4.69) is 535 Å². The molecule has 143 heavy (non-hydrogen) atoms. The zero-order chi connectivity index (χ0) is 96.1. The normalized spacial score (nSPS) is 12.0. The maximum absolute atomic E-state index is 6.40. The summed E-state index contributed by atoms with van der Waals surface area (Å²) < 4.78 is 19.2. The largest absolute Gasteiger partial charge is 0.455 e. The lowest BCUT2D eigenvalue weighted by Gasteiger charge is -2.27. The van der Waals surface area contributed by atoms with Gasteiger partial charge in [-0.25, -0.2) is 0 Å². The van der Waals surface area contributed by atoms with Crippen LogP contribution in [-0.2, 0) is 10.8 Å². The Morgan fingerprint density at radius 2 is 0.441 bits per heavy atom. The van der Waals surface area contributed by atoms with E-state index in [0.717, 1.165) is 150 Å². The topological polar surface area (TPSA) is 49.1 Å². The highest BCUT2D eigenvalue weighted by Crippen LogP contribution is 2.52. The summed E-state index contributed by atoms with van der Waals surface area (Å²) in [5, 5.41) is 9.34. The minimum absolute atomic E-state index is 0.0372. The maximum atomic E-state index is 6.40. The van der Waals surface area contributed by atoms with Crippen molar-refractivity contribution in [1.29, 1.82) is 0 Å². The summed E-state index contributed by atoms with van der Waals surface area (Å²) >= 11 is 0. The van der Waals surface area contributed by atoms with Crippen molar-refractivity contribution in [3.05, 3.63) is 538 Å². The van der Waals surface area contributed by atoms with Gasteiger partial charge in [0.25, 0.3) is 0 Å². The number of nitrogens with zero attached hydrogens (tertiary/aromatic N) is 3. The number of rotatable bonds is 17. The van der Waals surface area contributed by atoms with Gasteiger partial charge in [-0.3, -0.25) is 0 Å². The third kappa shape index (κ3) is 16.9. The molecule has 6 nitrogen and oxygen atoms in total. The number of hydrogen-bond acceptors (Lipinski definition) is 6. The van der Waals surface area contributed by atoms with Gasteiger partial charge < -0.3 is 28.0 Å². The van der Waals surface area contributed by atoms with Crippen LogP contribution in [0.5, 0.6) is 0 Å². The number of benzene rings is 22. The van der Waals surface area contributed by atoms with E-state index < -0.39 is 0 Å². The van der Waals surface area contributed by atoms with Gasteiger partial charge >= 0.3 is 0 Å². The fourth-order valence-corrected chi connectivity index (χ4v) is 21.1. The number of hydrogen-bond donors (Lipinski definition) is 0. The summed E-state index contributed by atoms with van der Waals surface area (Å²) in [6.45, 7) is 11.4. The lowest BCUT2D eigenvalue weighted by atomic mass is 9.81. The molecule has 0 N–H and O–H groups in total. The molecule has 26 rings (SSSR count). The first-order valence-corrected chi connectivity index (χ1v) is 49.2. The molecule has 0 radical (unpaired) electrons. The molecule has 3 heterocycles. The fourth-order valence-electron chi connectivity index (χ4n) is 21.1. The quantitative estimate of drug-likeness (QED) is 0.0905. The Morgan fingerprint density at radius 3 is 0.874 bits per heavy atom. The van der Waals surface area contributed by atoms with Gasteiger partial charge in [0.05, 0.1) is 0 Å². The van der Waals surface area contributed by atoms with Crippen molar-refractivity contribution in [2.75, 3.05) is 14.7 Å². The number of para-hydroxylation sites is 6. The minimum Gasteiger partial charge on any atom is -0.455 e. The van der Waals surface area contributed by atoms with Crippen molar-refractivity contribution in [3.63, 3.8) is 0 Å². The Labute approximate surface area is 833 Å². The molecule has 0 bridgehead atoms. The summed E-state index contributed by atoms with van der Waals surface area (Å²) in [6, 6.07) is 186. The smallest absolute Gasteiger partial charge is 0.143 e. The van der Waals surface area contributed by atoms with Crippen LogP contribution in [0.3, 0.4) is 0 Å². The highest BCUT2D eigenvalue weighted by atomic mass is 16.3. The Morgan fingerprint density at radius 1 is 0.175 bits per heavy atom. The Bertz CT molecular complexity index is 8980. The molecule has 6 heteroatoms. The molecule has 25 aromatic rings. The zero-order valence-electron chi connectivity index (χ0n) is 80.2. The molecule has 1 aliphatic carbocycles. The van der Waals surface area contributed by atoms with E-state index in [1.165, 1.54) is 94.2 Å². The van der Waals surface area contributed by atoms with Crippen LogP contribution in [0.2, 0.25) is 0 Å². The molecular weight excluding hydrogens is 1740 g/mol. The zero-order valence-corrected chi connectivity index (χ0v) is 80.2. The number of furan rings is 3. The first kappa shape index (κ1) is 87.7. The van der Waals surface area contributed by atoms with E-state index in [9.17, 15) is 0 Å². The summed E-state index contributed by atoms with van der Waals surface area (Å²) in [6.07, 6.45) is 0. The molecule has 682 valence electrons. The summed E-state index contributed by atoms with van der Waals surface area (Å²) in [5.74, 6) is 0. The Kier molecular flexibility index (Phi) is 22.9. The van der Waals surface area contributed by atoms with Gasteiger partial charge in [-0.2, -0.15) is 0 Å². The second-order valence-electron chi connectivity index (χ2n) is 38.6. The first-order chi connectivity index (χ1) is 70.3. The van der Waals surface area contributed by atoms with Crippen LogP contribution in [0.25, 0.3) is 177 Å². The van der Waals surface area contributed by atoms with E-state index >= 15 is 0 Å². The number of fused-ring (bicyclic) bond motifs is 13. The predicted octanol–water partition coefficient (Wildman–Crippen LogP) is 39.3. The van der Waals surface area contributed by atoms with E-state index in [1.54, 1.807) is 0 Å². The maximum Gasteiger partial charge on any atom is 0.143 e. The van der Waals surface area contributed by atoms with Gasteiger partial charge in [0.1, 0.15) is 33.5 Å². The van der Waals surface area contributed by atoms with E-state index in [-0.39, 0.29) is 10.8 Å². The molecule has 22 aromatic carbocycles. The molecule has 0 aliphatic heterocycles. The molecule has 0 unspecified atom stereocenters. The molecule has 0 atom stereocenters. The van der Waals surface area contributed by atoms with Crippen LogP contribution < -0.4 is 14.7 Å². The van der Waals surface area contributed by atoms with E-state index in [0.29, 0.717) is 0 Å². The van der Waals surface area contributed by atoms with Crippen LogP contribution in [0.1, 0.15) is 51.3 Å². The highest BCUT2D eigenvalue weighted by Gasteiger charge is 2.36. The van der Waals surface area contributed by atoms with Gasteiger partial charge in [0.15, 0.2) is 0 Å². The van der Waals surface area contributed by atoms with Gasteiger partial charge in [-0.1, -0.05) is 423 Å². The minimum atomic E-state index is -0.0372. The standard InChI is InChI=1S/C51H37NO.C46H31NO.C40H33NO/c1-51(2)47-20-8-6-16-43(47)44-31-26-38(33-48(44)51)35-22-27-39(28-23-35)52(41-15-10-14-37(32-41)34-12-4-3-5-13-34)40-29-24-36(25-30-40)42-18-11-19-46-45-17-7-9-21-49(45)53-50(42)46;1-2-11-32(12-3-1)36-15-8-16-39(31-36)47(37-27-23-34(24-28-37)41-19-9-14-33-13-4-5-17-40(33)41)38-29-25-35(26-30-38)42-20-10-21-44-43-18-6-7-22-45(43)48-46(42)44;1-40(2,3)31-21-25-33(26-22-31)41(32-23-19-29(20-24-32)28-11-5-4-6-12-28)34-14-9-13-30(27-34)35-16-10-17-37-36-15-7-8-18-38(36)42-39(35)37/h3-33H,1-2H3;1-31H;4-27H,1-3H3. The van der Waals surface area contributed by atoms with Gasteiger partial charge in [0, 0.05) is 106 Å². The molecule has 0 saturated heterocycles. The molecular formula is C137H101N3O3. The van der Waals surface area contributed by atoms with Crippen LogP contribution >= 0.6 is 0 Å². The molecule has 0 spiro atoms. The monoisotopic (exact) mass is 1840 g/mol. The van der Waals surface area contributed by atoms with E-state index in [4.69, 9.17) is 13.3 Å². The Balaban J connectivity index is 0.000000116. The second-order valence-corrected chi connectivity index (χ2v) is 38.6. The average Bonchev–Trinajstić information content (AvgIpc) is 1.58. The van der Waals surface area contributed by atoms with Crippen molar-refractivity contribution >= 4 is 128 Å². The SMILES string of the molecule is CC(C)(C)c1ccc(N(c2ccc(-c3ccccc3)cc2)c2cccc(-c3cccc4c3oc3ccccc34)c2)cc1.CC1(C)c2ccccc2-c2ccc(-c3ccc(N(c4ccc(-c5cccc6c5oc5ccccc56)cc4)c4cccc(-c5ccccc5)c4)cc3)cc21.c1ccc(-c2cccc(N(c3ccc(-c4cccc5ccccc45)cc3)c3ccc(-c4cccc5c4oc4ccccc45)cc3)c2)cc1. The van der Waals surface area contributed by atoms with Crippen LogP contribution in [0.15, 0.2) is 535 Å². The summed E-state index contributed by atoms with van der Waals surface area (Å²) in [5.41, 5.74) is 40.9. The molecule has 3 aromatic heterocycles. The fraction of sp³-hybridized carbons (Fsp3) is 0.0511. The van der Waals surface area contributed by atoms with Crippen molar-refractivity contribution in [2.45, 2.75) is 45.4 Å². The average molecular weight is 1840 g/mol. The first-order valence-electron chi connectivity index (χ1n) is 49.2. The molecule has 1 aliphatic rings. The van der Waals surface area contributed by atoms with Crippen LogP contribution in [0.4, 0.5) is 51.2 Å². The summed E-state index contributed by atoms with van der Waals surface area (Å²) in [4.78, 5) is 7.03. The molecule has 0 fully saturated rings. The lowest BCUT2D eigenvalue weighted by Crippen LogP contribution is -2.14.